The quantitative estimate of drug-likeness (QED) is 0.849. The Hall–Kier alpha value is -1.95. The molecule has 3 rings (SSSR count). The van der Waals surface area contributed by atoms with Crippen molar-refractivity contribution in [3.63, 3.8) is 0 Å². The average molecular weight is 302 g/mol. The van der Waals surface area contributed by atoms with E-state index in [1.807, 2.05) is 31.9 Å². The zero-order valence-corrected chi connectivity index (χ0v) is 13.6. The first-order valence-corrected chi connectivity index (χ1v) is 7.73. The second-order valence-corrected chi connectivity index (χ2v) is 5.85. The summed E-state index contributed by atoms with van der Waals surface area (Å²) >= 11 is 0. The highest BCUT2D eigenvalue weighted by atomic mass is 16.5. The molecule has 0 bridgehead atoms. The lowest BCUT2D eigenvalue weighted by atomic mass is 10.1. The van der Waals surface area contributed by atoms with Crippen molar-refractivity contribution in [1.82, 2.24) is 19.7 Å². The van der Waals surface area contributed by atoms with E-state index in [9.17, 15) is 4.79 Å². The van der Waals surface area contributed by atoms with Crippen molar-refractivity contribution in [2.75, 3.05) is 19.7 Å². The Balaban J connectivity index is 1.96. The van der Waals surface area contributed by atoms with Crippen LogP contribution in [0.4, 0.5) is 0 Å². The van der Waals surface area contributed by atoms with E-state index in [0.29, 0.717) is 25.3 Å². The van der Waals surface area contributed by atoms with Gasteiger partial charge in [-0.3, -0.25) is 9.48 Å². The highest BCUT2D eigenvalue weighted by molar-refractivity contribution is 5.98. The van der Waals surface area contributed by atoms with Crippen LogP contribution in [0.2, 0.25) is 0 Å². The van der Waals surface area contributed by atoms with Gasteiger partial charge in [0, 0.05) is 25.5 Å². The monoisotopic (exact) mass is 302 g/mol. The number of nitrogens with zero attached hydrogens (tertiary/aromatic N) is 4. The summed E-state index contributed by atoms with van der Waals surface area (Å²) in [6, 6.07) is 1.93. The van der Waals surface area contributed by atoms with Crippen LogP contribution in [0, 0.1) is 13.8 Å². The number of carbonyl (C=O) groups is 1. The van der Waals surface area contributed by atoms with E-state index in [0.717, 1.165) is 28.8 Å². The number of carbonyl (C=O) groups excluding carboxylic acids is 1. The number of hydrogen-bond acceptors (Lipinski definition) is 4. The molecule has 0 N–H and O–H groups in total. The summed E-state index contributed by atoms with van der Waals surface area (Å²) in [6.45, 7) is 7.79. The van der Waals surface area contributed by atoms with Crippen molar-refractivity contribution in [2.24, 2.45) is 7.05 Å². The summed E-state index contributed by atoms with van der Waals surface area (Å²) in [5.41, 5.74) is 3.13. The minimum absolute atomic E-state index is 0.0388. The molecule has 0 aromatic carbocycles. The van der Waals surface area contributed by atoms with Crippen molar-refractivity contribution in [3.8, 4) is 0 Å². The van der Waals surface area contributed by atoms with Crippen LogP contribution in [0.5, 0.6) is 0 Å². The lowest BCUT2D eigenvalue weighted by Gasteiger charge is -2.32. The molecule has 0 saturated carbocycles. The molecule has 3 heterocycles. The van der Waals surface area contributed by atoms with E-state index < -0.39 is 0 Å². The summed E-state index contributed by atoms with van der Waals surface area (Å²) in [5.74, 6) is 0.0388. The second kappa shape index (κ2) is 5.68. The first-order chi connectivity index (χ1) is 10.5. The number of aromatic nitrogens is 3. The Morgan fingerprint density at radius 2 is 2.18 bits per heavy atom. The Labute approximate surface area is 130 Å². The van der Waals surface area contributed by atoms with Crippen LogP contribution in [0.3, 0.4) is 0 Å². The third-order valence-corrected chi connectivity index (χ3v) is 4.30. The predicted molar refractivity (Wildman–Crippen MR) is 83.9 cm³/mol. The maximum atomic E-state index is 12.8. The van der Waals surface area contributed by atoms with E-state index in [4.69, 9.17) is 4.74 Å². The minimum Gasteiger partial charge on any atom is -0.375 e. The minimum atomic E-state index is 0.0388. The standard InChI is InChI=1S/C16H22N4O2/c1-5-12-9-20(6-7-22-12)16(21)14-8-13-11(3)18-19(4)15(13)17-10(14)2/h8,12H,5-7,9H2,1-4H3. The molecule has 1 unspecified atom stereocenters. The number of ether oxygens (including phenoxy) is 1. The van der Waals surface area contributed by atoms with Crippen LogP contribution < -0.4 is 0 Å². The molecule has 1 saturated heterocycles. The van der Waals surface area contributed by atoms with Crippen LogP contribution in [0.15, 0.2) is 6.07 Å². The fourth-order valence-corrected chi connectivity index (χ4v) is 2.97. The van der Waals surface area contributed by atoms with Gasteiger partial charge in [0.05, 0.1) is 29.7 Å². The normalized spacial score (nSPS) is 18.9. The highest BCUT2D eigenvalue weighted by Gasteiger charge is 2.26. The van der Waals surface area contributed by atoms with Gasteiger partial charge in [0.1, 0.15) is 0 Å². The molecule has 1 aliphatic rings. The third kappa shape index (κ3) is 2.47. The van der Waals surface area contributed by atoms with Gasteiger partial charge >= 0.3 is 0 Å². The molecule has 6 nitrogen and oxygen atoms in total. The molecule has 1 atom stereocenters. The van der Waals surface area contributed by atoms with Crippen molar-refractivity contribution in [3.05, 3.63) is 23.0 Å². The Kier molecular flexibility index (Phi) is 3.87. The van der Waals surface area contributed by atoms with Crippen molar-refractivity contribution >= 4 is 16.9 Å². The number of rotatable bonds is 2. The summed E-state index contributed by atoms with van der Waals surface area (Å²) in [5, 5.41) is 5.32. The molecule has 1 aliphatic heterocycles. The van der Waals surface area contributed by atoms with E-state index in [-0.39, 0.29) is 12.0 Å². The van der Waals surface area contributed by atoms with Crippen molar-refractivity contribution in [2.45, 2.75) is 33.3 Å². The molecular weight excluding hydrogens is 280 g/mol. The topological polar surface area (TPSA) is 60.2 Å². The maximum absolute atomic E-state index is 12.8. The summed E-state index contributed by atoms with van der Waals surface area (Å²) in [7, 11) is 1.87. The van der Waals surface area contributed by atoms with Gasteiger partial charge in [-0.1, -0.05) is 6.92 Å². The molecule has 0 aliphatic carbocycles. The molecule has 1 amide bonds. The second-order valence-electron chi connectivity index (χ2n) is 5.85. The molecule has 0 spiro atoms. The van der Waals surface area contributed by atoms with Gasteiger partial charge in [-0.15, -0.1) is 0 Å². The van der Waals surface area contributed by atoms with Crippen LogP contribution in [0.1, 0.15) is 35.1 Å². The van der Waals surface area contributed by atoms with E-state index >= 15 is 0 Å². The summed E-state index contributed by atoms with van der Waals surface area (Å²) in [6.07, 6.45) is 1.05. The number of hydrogen-bond donors (Lipinski definition) is 0. The number of aryl methyl sites for hydroxylation is 3. The van der Waals surface area contributed by atoms with Gasteiger partial charge in [0.2, 0.25) is 0 Å². The Bertz CT molecular complexity index is 722. The van der Waals surface area contributed by atoms with Gasteiger partial charge in [0.25, 0.3) is 5.91 Å². The molecule has 0 radical (unpaired) electrons. The molecule has 118 valence electrons. The molecule has 6 heteroatoms. The SMILES string of the molecule is CCC1CN(C(=O)c2cc3c(C)nn(C)c3nc2C)CCO1. The molecule has 22 heavy (non-hydrogen) atoms. The van der Waals surface area contributed by atoms with Crippen LogP contribution in [-0.2, 0) is 11.8 Å². The first-order valence-electron chi connectivity index (χ1n) is 7.73. The van der Waals surface area contributed by atoms with Crippen molar-refractivity contribution in [1.29, 1.82) is 0 Å². The Morgan fingerprint density at radius 3 is 2.91 bits per heavy atom. The van der Waals surface area contributed by atoms with Crippen molar-refractivity contribution < 1.29 is 9.53 Å². The first kappa shape index (κ1) is 15.0. The fourth-order valence-electron chi connectivity index (χ4n) is 2.97. The number of fused-ring (bicyclic) bond motifs is 1. The zero-order valence-electron chi connectivity index (χ0n) is 13.6. The molecule has 2 aromatic rings. The number of morpholine rings is 1. The Morgan fingerprint density at radius 1 is 1.41 bits per heavy atom. The third-order valence-electron chi connectivity index (χ3n) is 4.30. The summed E-state index contributed by atoms with van der Waals surface area (Å²) < 4.78 is 7.40. The summed E-state index contributed by atoms with van der Waals surface area (Å²) in [4.78, 5) is 19.3. The van der Waals surface area contributed by atoms with Crippen LogP contribution in [-0.4, -0.2) is 51.4 Å². The lowest BCUT2D eigenvalue weighted by Crippen LogP contribution is -2.45. The fraction of sp³-hybridized carbons (Fsp3) is 0.562. The molecule has 2 aromatic heterocycles. The van der Waals surface area contributed by atoms with E-state index in [2.05, 4.69) is 17.0 Å². The zero-order chi connectivity index (χ0) is 15.9. The van der Waals surface area contributed by atoms with E-state index in [1.54, 1.807) is 4.68 Å². The lowest BCUT2D eigenvalue weighted by molar-refractivity contribution is -0.0226. The number of amides is 1. The van der Waals surface area contributed by atoms with Gasteiger partial charge in [-0.25, -0.2) is 4.98 Å². The highest BCUT2D eigenvalue weighted by Crippen LogP contribution is 2.21. The number of pyridine rings is 1. The van der Waals surface area contributed by atoms with Gasteiger partial charge < -0.3 is 9.64 Å². The van der Waals surface area contributed by atoms with Gasteiger partial charge in [-0.2, -0.15) is 5.10 Å². The average Bonchev–Trinajstić information content (AvgIpc) is 2.80. The largest absolute Gasteiger partial charge is 0.375 e. The predicted octanol–water partition coefficient (Wildman–Crippen LogP) is 1.84. The van der Waals surface area contributed by atoms with Crippen LogP contribution in [0.25, 0.3) is 11.0 Å². The van der Waals surface area contributed by atoms with Gasteiger partial charge in [-0.05, 0) is 26.3 Å². The molecule has 1 fully saturated rings. The van der Waals surface area contributed by atoms with Gasteiger partial charge in [0.15, 0.2) is 5.65 Å². The maximum Gasteiger partial charge on any atom is 0.255 e. The van der Waals surface area contributed by atoms with Crippen LogP contribution >= 0.6 is 0 Å². The smallest absolute Gasteiger partial charge is 0.255 e. The molecular formula is C16H22N4O2. The van der Waals surface area contributed by atoms with E-state index in [1.165, 1.54) is 0 Å².